The van der Waals surface area contributed by atoms with Crippen LogP contribution >= 0.6 is 0 Å². The molecule has 1 heterocycles. The molecule has 0 spiro atoms. The summed E-state index contributed by atoms with van der Waals surface area (Å²) >= 11 is 0. The highest BCUT2D eigenvalue weighted by atomic mass is 30.1. The Labute approximate surface area is 69.8 Å². The zero-order chi connectivity index (χ0) is 7.61. The molecule has 1 fully saturated rings. The third kappa shape index (κ3) is 2.61. The van der Waals surface area contributed by atoms with E-state index in [-0.39, 0.29) is 34.2 Å². The first-order valence-corrected chi connectivity index (χ1v) is 26.8. The van der Waals surface area contributed by atoms with Gasteiger partial charge in [0, 0.05) is 17.1 Å². The van der Waals surface area contributed by atoms with Gasteiger partial charge in [-0.05, 0) is 25.7 Å². The van der Waals surface area contributed by atoms with Gasteiger partial charge in [0.15, 0.2) is 0 Å². The van der Waals surface area contributed by atoms with Crippen LogP contribution < -0.4 is 0 Å². The van der Waals surface area contributed by atoms with Gasteiger partial charge in [-0.3, -0.25) is 0 Å². The predicted octanol–water partition coefficient (Wildman–Crippen LogP) is -4.17. The van der Waals surface area contributed by atoms with E-state index in [9.17, 15) is 13.2 Å². The molecule has 0 N–H and O–H groups in total. The maximum atomic E-state index is 12.1. The predicted molar refractivity (Wildman–Crippen MR) is 55.9 cm³/mol. The Bertz CT molecular complexity index is 104. The quantitative estimate of drug-likeness (QED) is 0.382. The first-order chi connectivity index (χ1) is 4.61. The highest BCUT2D eigenvalue weighted by Crippen LogP contribution is 2.17. The maximum Gasteiger partial charge on any atom is 0.352 e. The third-order valence-corrected chi connectivity index (χ3v) is 119. The number of hydrogen-bond donors (Lipinski definition) is 0. The smallest absolute Gasteiger partial charge is 0.178 e. The van der Waals surface area contributed by atoms with Crippen molar-refractivity contribution in [2.75, 3.05) is 0 Å². The average Bonchev–Trinajstić information content (AvgIpc) is 1.88. The summed E-state index contributed by atoms with van der Waals surface area (Å²) in [6.45, 7) is 0. The van der Waals surface area contributed by atoms with E-state index in [0.29, 0.717) is 8.55 Å². The SMILES string of the molecule is FC(F)(F)[SiH]1[SiH2][SiH2][SiH2][SiH2][SiH2]1. The molecule has 0 atom stereocenters. The number of alkyl halides is 3. The normalized spacial score (nSPS) is 40.5. The molecular formula is CH11F3Si6. The van der Waals surface area contributed by atoms with Crippen LogP contribution in [0.2, 0.25) is 0 Å². The summed E-state index contributed by atoms with van der Waals surface area (Å²) in [6, 6.07) is 0. The van der Waals surface area contributed by atoms with Gasteiger partial charge in [-0.1, -0.05) is 0 Å². The minimum atomic E-state index is -3.58. The number of rotatable bonds is 0. The van der Waals surface area contributed by atoms with E-state index in [1.807, 2.05) is 0 Å². The van der Waals surface area contributed by atoms with Crippen molar-refractivity contribution in [1.82, 2.24) is 0 Å². The molecule has 0 aliphatic carbocycles. The second-order valence-electron chi connectivity index (χ2n) is 2.88. The fraction of sp³-hybridized carbons (Fsp3) is 1.00. The lowest BCUT2D eigenvalue weighted by atomic mass is 11.5. The fourth-order valence-electron chi connectivity index (χ4n) is 1.43. The summed E-state index contributed by atoms with van der Waals surface area (Å²) in [4.78, 5) is 0. The summed E-state index contributed by atoms with van der Waals surface area (Å²) in [5.41, 5.74) is 0. The molecular weight excluding hydrogens is 238 g/mol. The Morgan fingerprint density at radius 3 is 1.70 bits per heavy atom. The monoisotopic (exact) mass is 248 g/mol. The molecule has 0 bridgehead atoms. The van der Waals surface area contributed by atoms with Gasteiger partial charge in [0.1, 0.15) is 7.83 Å². The van der Waals surface area contributed by atoms with Crippen molar-refractivity contribution in [3.05, 3.63) is 0 Å². The Morgan fingerprint density at radius 2 is 1.40 bits per heavy atom. The lowest BCUT2D eigenvalue weighted by Gasteiger charge is -2.20. The van der Waals surface area contributed by atoms with Crippen LogP contribution in [0.3, 0.4) is 0 Å². The molecule has 0 nitrogen and oxygen atoms in total. The van der Waals surface area contributed by atoms with Crippen LogP contribution in [0.15, 0.2) is 0 Å². The molecule has 0 aromatic heterocycles. The molecule has 60 valence electrons. The molecule has 10 heavy (non-hydrogen) atoms. The summed E-state index contributed by atoms with van der Waals surface area (Å²) in [5, 5.41) is 0. The summed E-state index contributed by atoms with van der Waals surface area (Å²) in [6.07, 6.45) is 0. The van der Waals surface area contributed by atoms with Crippen LogP contribution in [0.4, 0.5) is 13.2 Å². The van der Waals surface area contributed by atoms with Crippen LogP contribution in [0.5, 0.6) is 0 Å². The van der Waals surface area contributed by atoms with Crippen molar-refractivity contribution in [2.24, 2.45) is 0 Å². The van der Waals surface area contributed by atoms with Gasteiger partial charge in [0.05, 0.1) is 0 Å². The third-order valence-electron chi connectivity index (χ3n) is 2.07. The molecule has 0 amide bonds. The molecule has 0 unspecified atom stereocenters. The highest BCUT2D eigenvalue weighted by molar-refractivity contribution is 7.80. The van der Waals surface area contributed by atoms with E-state index < -0.39 is 13.6 Å². The fourth-order valence-corrected chi connectivity index (χ4v) is 244. The minimum absolute atomic E-state index is 0.0972. The molecule has 1 aliphatic rings. The van der Waals surface area contributed by atoms with Gasteiger partial charge in [-0.15, -0.1) is 0 Å². The Hall–Kier alpha value is 1.09. The lowest BCUT2D eigenvalue weighted by Crippen LogP contribution is -2.56. The number of hydrogen-bond acceptors (Lipinski definition) is 0. The van der Waals surface area contributed by atoms with E-state index in [0.717, 1.165) is 0 Å². The van der Waals surface area contributed by atoms with Gasteiger partial charge < -0.3 is 0 Å². The molecule has 0 radical (unpaired) electrons. The highest BCUT2D eigenvalue weighted by Gasteiger charge is 2.40. The zero-order valence-electron chi connectivity index (χ0n) is 5.75. The van der Waals surface area contributed by atoms with E-state index >= 15 is 0 Å². The van der Waals surface area contributed by atoms with Crippen LogP contribution in [-0.2, 0) is 0 Å². The van der Waals surface area contributed by atoms with Gasteiger partial charge in [0.25, 0.3) is 0 Å². The Kier molecular flexibility index (Phi) is 3.36. The Morgan fingerprint density at radius 1 is 0.900 bits per heavy atom. The summed E-state index contributed by atoms with van der Waals surface area (Å²) < 4.78 is 36.4. The molecule has 0 aromatic rings. The second-order valence-corrected chi connectivity index (χ2v) is 56.9. The van der Waals surface area contributed by atoms with E-state index in [4.69, 9.17) is 0 Å². The molecule has 0 saturated carbocycles. The van der Waals surface area contributed by atoms with E-state index in [1.165, 1.54) is 0 Å². The maximum absolute atomic E-state index is 12.1. The summed E-state index contributed by atoms with van der Waals surface area (Å²) in [5.74, 6) is -3.58. The van der Waals surface area contributed by atoms with Crippen LogP contribution in [0.25, 0.3) is 0 Å². The minimum Gasteiger partial charge on any atom is -0.178 e. The van der Waals surface area contributed by atoms with Gasteiger partial charge in [0.2, 0.25) is 0 Å². The van der Waals surface area contributed by atoms with Crippen molar-refractivity contribution in [1.29, 1.82) is 0 Å². The Balaban J connectivity index is 2.39. The molecule has 1 saturated heterocycles. The average molecular weight is 249 g/mol. The molecule has 1 rings (SSSR count). The largest absolute Gasteiger partial charge is 0.352 e. The van der Waals surface area contributed by atoms with Crippen LogP contribution in [0.1, 0.15) is 0 Å². The van der Waals surface area contributed by atoms with Crippen molar-refractivity contribution >= 4 is 50.6 Å². The molecule has 1 aliphatic heterocycles. The standard InChI is InChI=1S/CH11F3Si6/c2-1(3,4)10-8-6-5-7-9-10/h10H,5-9H2. The van der Waals surface area contributed by atoms with Crippen molar-refractivity contribution < 1.29 is 13.2 Å². The summed E-state index contributed by atoms with van der Waals surface area (Å²) in [7, 11) is -2.07. The molecule has 9 heteroatoms. The van der Waals surface area contributed by atoms with Gasteiger partial charge in [-0.2, -0.15) is 13.2 Å². The van der Waals surface area contributed by atoms with Crippen molar-refractivity contribution in [3.8, 4) is 0 Å². The first-order valence-electron chi connectivity index (χ1n) is 3.67. The van der Waals surface area contributed by atoms with Crippen molar-refractivity contribution in [2.45, 2.75) is 5.80 Å². The lowest BCUT2D eigenvalue weighted by molar-refractivity contribution is -0.0463. The topological polar surface area (TPSA) is 0 Å². The van der Waals surface area contributed by atoms with Crippen molar-refractivity contribution in [3.63, 3.8) is 0 Å². The van der Waals surface area contributed by atoms with Gasteiger partial charge >= 0.3 is 5.80 Å². The molecule has 0 aromatic carbocycles. The zero-order valence-corrected chi connectivity index (χ0v) is 14.0. The van der Waals surface area contributed by atoms with Crippen LogP contribution in [-0.4, -0.2) is 56.4 Å². The van der Waals surface area contributed by atoms with Gasteiger partial charge in [-0.25, -0.2) is 0 Å². The van der Waals surface area contributed by atoms with E-state index in [2.05, 4.69) is 0 Å². The van der Waals surface area contributed by atoms with Crippen LogP contribution in [0, 0.1) is 0 Å². The van der Waals surface area contributed by atoms with E-state index in [1.54, 1.807) is 0 Å². The number of halogens is 3. The second kappa shape index (κ2) is 3.66. The first kappa shape index (κ1) is 9.18.